The Bertz CT molecular complexity index is 673. The van der Waals surface area contributed by atoms with Gasteiger partial charge >= 0.3 is 0 Å². The summed E-state index contributed by atoms with van der Waals surface area (Å²) in [5.74, 6) is 0.628. The molecule has 0 saturated heterocycles. The predicted molar refractivity (Wildman–Crippen MR) is 70.2 cm³/mol. The van der Waals surface area contributed by atoms with Crippen LogP contribution in [0.15, 0.2) is 20.9 Å². The minimum absolute atomic E-state index is 0.0745. The van der Waals surface area contributed by atoms with Gasteiger partial charge in [-0.3, -0.25) is 0 Å². The average Bonchev–Trinajstić information content (AvgIpc) is 2.93. The molecule has 19 heavy (non-hydrogen) atoms. The number of sulfonamides is 1. The summed E-state index contributed by atoms with van der Waals surface area (Å²) >= 11 is 1.06. The molecule has 6 nitrogen and oxygen atoms in total. The summed E-state index contributed by atoms with van der Waals surface area (Å²) in [6, 6.07) is 3.22. The zero-order valence-electron chi connectivity index (χ0n) is 10.5. The Morgan fingerprint density at radius 1 is 1.42 bits per heavy atom. The number of thiophene rings is 1. The lowest BCUT2D eigenvalue weighted by Crippen LogP contribution is -2.22. The molecule has 2 heterocycles. The van der Waals surface area contributed by atoms with Crippen LogP contribution in [0.1, 0.15) is 21.9 Å². The Kier molecular flexibility index (Phi) is 4.04. The van der Waals surface area contributed by atoms with Gasteiger partial charge < -0.3 is 9.63 Å². The maximum absolute atomic E-state index is 12.1. The van der Waals surface area contributed by atoms with Gasteiger partial charge in [0.15, 0.2) is 0 Å². The number of aryl methyl sites for hydroxylation is 2. The van der Waals surface area contributed by atoms with E-state index in [0.29, 0.717) is 16.3 Å². The van der Waals surface area contributed by atoms with Gasteiger partial charge in [0.25, 0.3) is 0 Å². The maximum atomic E-state index is 12.1. The van der Waals surface area contributed by atoms with E-state index in [1.54, 1.807) is 26.0 Å². The molecule has 8 heteroatoms. The molecule has 2 rings (SSSR count). The normalized spacial score (nSPS) is 11.9. The minimum atomic E-state index is -3.59. The molecule has 2 N–H and O–H groups in total. The standard InChI is InChI=1S/C11H14N2O4S2/c1-7-3-11(18-10(7)6-14)19(15,16)12-5-9-4-8(2)17-13-9/h3-4,12,14H,5-6H2,1-2H3. The molecule has 0 amide bonds. The summed E-state index contributed by atoms with van der Waals surface area (Å²) in [4.78, 5) is 0.651. The lowest BCUT2D eigenvalue weighted by Gasteiger charge is -2.01. The van der Waals surface area contributed by atoms with Gasteiger partial charge in [-0.2, -0.15) is 0 Å². The first-order valence-electron chi connectivity index (χ1n) is 5.54. The van der Waals surface area contributed by atoms with Crippen LogP contribution in [0.3, 0.4) is 0 Å². The lowest BCUT2D eigenvalue weighted by atomic mass is 10.3. The number of aliphatic hydroxyl groups excluding tert-OH is 1. The van der Waals surface area contributed by atoms with Crippen LogP contribution < -0.4 is 4.72 Å². The van der Waals surface area contributed by atoms with Crippen molar-refractivity contribution in [1.82, 2.24) is 9.88 Å². The molecule has 0 spiro atoms. The first-order chi connectivity index (χ1) is 8.92. The van der Waals surface area contributed by atoms with Gasteiger partial charge in [0.2, 0.25) is 10.0 Å². The fourth-order valence-corrected chi connectivity index (χ4v) is 4.01. The molecule has 0 fully saturated rings. The second-order valence-corrected chi connectivity index (χ2v) is 7.21. The quantitative estimate of drug-likeness (QED) is 0.869. The van der Waals surface area contributed by atoms with Gasteiger partial charge in [-0.05, 0) is 25.5 Å². The molecule has 0 aliphatic carbocycles. The summed E-state index contributed by atoms with van der Waals surface area (Å²) < 4.78 is 31.6. The summed E-state index contributed by atoms with van der Waals surface area (Å²) in [6.45, 7) is 3.42. The van der Waals surface area contributed by atoms with Crippen molar-refractivity contribution < 1.29 is 18.0 Å². The molecule has 0 aliphatic heterocycles. The Hall–Kier alpha value is -1.22. The topological polar surface area (TPSA) is 92.4 Å². The molecular formula is C11H14N2O4S2. The second-order valence-electron chi connectivity index (χ2n) is 4.08. The van der Waals surface area contributed by atoms with Crippen molar-refractivity contribution in [3.8, 4) is 0 Å². The highest BCUT2D eigenvalue weighted by atomic mass is 32.2. The molecule has 2 aromatic rings. The van der Waals surface area contributed by atoms with E-state index >= 15 is 0 Å². The van der Waals surface area contributed by atoms with Gasteiger partial charge in [-0.15, -0.1) is 11.3 Å². The number of hydrogen-bond donors (Lipinski definition) is 2. The van der Waals surface area contributed by atoms with E-state index in [2.05, 4.69) is 9.88 Å². The van der Waals surface area contributed by atoms with Crippen LogP contribution in [-0.4, -0.2) is 18.7 Å². The predicted octanol–water partition coefficient (Wildman–Crippen LogP) is 1.32. The van der Waals surface area contributed by atoms with E-state index in [9.17, 15) is 8.42 Å². The molecule has 0 aromatic carbocycles. The number of nitrogens with zero attached hydrogens (tertiary/aromatic N) is 1. The van der Waals surface area contributed by atoms with E-state index in [1.165, 1.54) is 0 Å². The third-order valence-electron chi connectivity index (χ3n) is 2.53. The fourth-order valence-electron chi connectivity index (χ4n) is 1.52. The highest BCUT2D eigenvalue weighted by Crippen LogP contribution is 2.25. The van der Waals surface area contributed by atoms with E-state index in [4.69, 9.17) is 9.63 Å². The van der Waals surface area contributed by atoms with Gasteiger partial charge in [-0.25, -0.2) is 13.1 Å². The van der Waals surface area contributed by atoms with Gasteiger partial charge in [0.05, 0.1) is 18.8 Å². The van der Waals surface area contributed by atoms with Crippen LogP contribution in [-0.2, 0) is 23.2 Å². The van der Waals surface area contributed by atoms with Crippen LogP contribution in [0.5, 0.6) is 0 Å². The van der Waals surface area contributed by atoms with E-state index < -0.39 is 10.0 Å². The SMILES string of the molecule is Cc1cc(CNS(=O)(=O)c2cc(C)c(CO)s2)no1. The molecule has 0 bridgehead atoms. The summed E-state index contributed by atoms with van der Waals surface area (Å²) in [7, 11) is -3.59. The summed E-state index contributed by atoms with van der Waals surface area (Å²) in [5.41, 5.74) is 1.29. The highest BCUT2D eigenvalue weighted by Gasteiger charge is 2.19. The first-order valence-corrected chi connectivity index (χ1v) is 7.84. The largest absolute Gasteiger partial charge is 0.391 e. The Balaban J connectivity index is 2.13. The number of rotatable bonds is 5. The van der Waals surface area contributed by atoms with Crippen LogP contribution >= 0.6 is 11.3 Å². The number of hydrogen-bond acceptors (Lipinski definition) is 6. The Morgan fingerprint density at radius 3 is 2.68 bits per heavy atom. The highest BCUT2D eigenvalue weighted by molar-refractivity contribution is 7.91. The minimum Gasteiger partial charge on any atom is -0.391 e. The molecule has 0 aliphatic rings. The van der Waals surface area contributed by atoms with Crippen LogP contribution in [0.25, 0.3) is 0 Å². The zero-order valence-corrected chi connectivity index (χ0v) is 12.1. The molecule has 2 aromatic heterocycles. The van der Waals surface area contributed by atoms with Crippen molar-refractivity contribution in [2.75, 3.05) is 0 Å². The van der Waals surface area contributed by atoms with Crippen LogP contribution in [0.4, 0.5) is 0 Å². The third-order valence-corrected chi connectivity index (χ3v) is 5.62. The average molecular weight is 302 g/mol. The molecule has 0 atom stereocenters. The van der Waals surface area contributed by atoms with E-state index in [-0.39, 0.29) is 17.4 Å². The maximum Gasteiger partial charge on any atom is 0.250 e. The van der Waals surface area contributed by atoms with E-state index in [1.807, 2.05) is 0 Å². The van der Waals surface area contributed by atoms with Crippen LogP contribution in [0, 0.1) is 13.8 Å². The Labute approximate surface area is 115 Å². The van der Waals surface area contributed by atoms with Crippen molar-refractivity contribution >= 4 is 21.4 Å². The summed E-state index contributed by atoms with van der Waals surface area (Å²) in [6.07, 6.45) is 0. The molecule has 0 radical (unpaired) electrons. The van der Waals surface area contributed by atoms with Crippen molar-refractivity contribution in [3.05, 3.63) is 34.0 Å². The first kappa shape index (κ1) is 14.2. The summed E-state index contributed by atoms with van der Waals surface area (Å²) in [5, 5.41) is 12.8. The van der Waals surface area contributed by atoms with Crippen molar-refractivity contribution in [3.63, 3.8) is 0 Å². The lowest BCUT2D eigenvalue weighted by molar-refractivity contribution is 0.285. The smallest absolute Gasteiger partial charge is 0.250 e. The fraction of sp³-hybridized carbons (Fsp3) is 0.364. The van der Waals surface area contributed by atoms with Crippen molar-refractivity contribution in [2.24, 2.45) is 0 Å². The number of nitrogens with one attached hydrogen (secondary N) is 1. The van der Waals surface area contributed by atoms with Crippen molar-refractivity contribution in [1.29, 1.82) is 0 Å². The van der Waals surface area contributed by atoms with Gasteiger partial charge in [0.1, 0.15) is 9.97 Å². The van der Waals surface area contributed by atoms with Crippen molar-refractivity contribution in [2.45, 2.75) is 31.2 Å². The van der Waals surface area contributed by atoms with Crippen LogP contribution in [0.2, 0.25) is 0 Å². The molecular weight excluding hydrogens is 288 g/mol. The van der Waals surface area contributed by atoms with Gasteiger partial charge in [0, 0.05) is 10.9 Å². The van der Waals surface area contributed by atoms with Gasteiger partial charge in [-0.1, -0.05) is 5.16 Å². The third kappa shape index (κ3) is 3.21. The second kappa shape index (κ2) is 5.41. The molecule has 0 unspecified atom stereocenters. The zero-order chi connectivity index (χ0) is 14.0. The number of aromatic nitrogens is 1. The molecule has 0 saturated carbocycles. The molecule has 104 valence electrons. The number of aliphatic hydroxyl groups is 1. The Morgan fingerprint density at radius 2 is 2.16 bits per heavy atom. The monoisotopic (exact) mass is 302 g/mol. The van der Waals surface area contributed by atoms with E-state index in [0.717, 1.165) is 16.9 Å².